The number of nitrogens with zero attached hydrogens (tertiary/aromatic N) is 1. The number of amides is 1. The molecule has 90 valence electrons. The van der Waals surface area contributed by atoms with Crippen molar-refractivity contribution in [3.05, 3.63) is 0 Å². The number of rotatable bonds is 0. The molecule has 0 bridgehead atoms. The second-order valence-corrected chi connectivity index (χ2v) is 6.71. The van der Waals surface area contributed by atoms with Gasteiger partial charge in [0.1, 0.15) is 0 Å². The fourth-order valence-corrected chi connectivity index (χ4v) is 3.72. The Bertz CT molecular complexity index is 353. The van der Waals surface area contributed by atoms with Crippen LogP contribution in [0.5, 0.6) is 0 Å². The predicted octanol–water partition coefficient (Wildman–Crippen LogP) is 1.83. The number of ether oxygens (including phenoxy) is 1. The lowest BCUT2D eigenvalue weighted by Gasteiger charge is -2.48. The van der Waals surface area contributed by atoms with Gasteiger partial charge in [0.05, 0.1) is 0 Å². The Morgan fingerprint density at radius 2 is 1.62 bits per heavy atom. The Morgan fingerprint density at radius 1 is 1.12 bits per heavy atom. The minimum absolute atomic E-state index is 0.0264. The van der Waals surface area contributed by atoms with E-state index in [0.29, 0.717) is 12.8 Å². The molecule has 2 aliphatic rings. The molecular formula is C12H20N2O2. The fourth-order valence-electron chi connectivity index (χ4n) is 3.72. The summed E-state index contributed by atoms with van der Waals surface area (Å²) in [5.74, 6) is -0.203. The molecule has 1 heterocycles. The normalized spacial score (nSPS) is 30.0. The van der Waals surface area contributed by atoms with Gasteiger partial charge in [-0.1, -0.05) is 27.7 Å². The van der Waals surface area contributed by atoms with Gasteiger partial charge in [0.15, 0.2) is 5.60 Å². The summed E-state index contributed by atoms with van der Waals surface area (Å²) in [4.78, 5) is 15.7. The van der Waals surface area contributed by atoms with E-state index in [9.17, 15) is 4.79 Å². The van der Waals surface area contributed by atoms with Crippen molar-refractivity contribution in [1.82, 2.24) is 0 Å². The van der Waals surface area contributed by atoms with Crippen LogP contribution < -0.4 is 5.73 Å². The van der Waals surface area contributed by atoms with Gasteiger partial charge in [0.25, 0.3) is 11.9 Å². The number of amidine groups is 1. The second kappa shape index (κ2) is 2.99. The lowest BCUT2D eigenvalue weighted by Crippen LogP contribution is -2.50. The van der Waals surface area contributed by atoms with Gasteiger partial charge in [0.2, 0.25) is 0 Å². The number of carbonyl (C=O) groups is 1. The van der Waals surface area contributed by atoms with E-state index in [0.717, 1.165) is 6.42 Å². The van der Waals surface area contributed by atoms with Crippen molar-refractivity contribution in [1.29, 1.82) is 0 Å². The number of nitrogens with two attached hydrogens (primary N) is 1. The molecule has 2 N–H and O–H groups in total. The van der Waals surface area contributed by atoms with Gasteiger partial charge >= 0.3 is 0 Å². The van der Waals surface area contributed by atoms with Crippen molar-refractivity contribution in [3.8, 4) is 0 Å². The zero-order valence-electron chi connectivity index (χ0n) is 10.5. The van der Waals surface area contributed by atoms with Crippen molar-refractivity contribution in [2.24, 2.45) is 21.6 Å². The smallest absolute Gasteiger partial charge is 0.294 e. The van der Waals surface area contributed by atoms with Crippen LogP contribution in [0.15, 0.2) is 4.99 Å². The van der Waals surface area contributed by atoms with Gasteiger partial charge in [-0.3, -0.25) is 4.79 Å². The lowest BCUT2D eigenvalue weighted by atomic mass is 9.59. The molecule has 0 radical (unpaired) electrons. The molecule has 0 aromatic heterocycles. The summed E-state index contributed by atoms with van der Waals surface area (Å²) in [6.07, 6.45) is 2.48. The summed E-state index contributed by atoms with van der Waals surface area (Å²) < 4.78 is 5.55. The maximum absolute atomic E-state index is 11.9. The summed E-state index contributed by atoms with van der Waals surface area (Å²) in [6, 6.07) is 0.0264. The van der Waals surface area contributed by atoms with E-state index < -0.39 is 5.60 Å². The monoisotopic (exact) mass is 224 g/mol. The summed E-state index contributed by atoms with van der Waals surface area (Å²) >= 11 is 0. The van der Waals surface area contributed by atoms with E-state index >= 15 is 0 Å². The maximum atomic E-state index is 11.9. The van der Waals surface area contributed by atoms with Crippen LogP contribution >= 0.6 is 0 Å². The summed E-state index contributed by atoms with van der Waals surface area (Å²) in [7, 11) is 0. The molecule has 0 atom stereocenters. The van der Waals surface area contributed by atoms with Gasteiger partial charge in [-0.05, 0) is 17.3 Å². The highest BCUT2D eigenvalue weighted by molar-refractivity contribution is 6.00. The Labute approximate surface area is 96.3 Å². The Kier molecular flexibility index (Phi) is 2.14. The molecule has 0 aromatic rings. The molecule has 1 aliphatic carbocycles. The first-order valence-electron chi connectivity index (χ1n) is 5.72. The third-order valence-corrected chi connectivity index (χ3v) is 3.39. The van der Waals surface area contributed by atoms with Gasteiger partial charge in [-0.25, -0.2) is 0 Å². The Hall–Kier alpha value is -1.06. The number of aliphatic imine (C=N–C) groups is 1. The van der Waals surface area contributed by atoms with E-state index in [1.807, 2.05) is 0 Å². The van der Waals surface area contributed by atoms with Crippen LogP contribution in [0.3, 0.4) is 0 Å². The molecule has 4 heteroatoms. The lowest BCUT2D eigenvalue weighted by molar-refractivity contribution is -0.143. The van der Waals surface area contributed by atoms with Crippen LogP contribution in [0.25, 0.3) is 0 Å². The minimum atomic E-state index is -0.796. The van der Waals surface area contributed by atoms with Crippen molar-refractivity contribution >= 4 is 11.9 Å². The topological polar surface area (TPSA) is 64.7 Å². The molecule has 1 saturated carbocycles. The van der Waals surface area contributed by atoms with Crippen LogP contribution in [-0.2, 0) is 9.53 Å². The van der Waals surface area contributed by atoms with Crippen molar-refractivity contribution in [2.75, 3.05) is 0 Å². The number of hydrogen-bond acceptors (Lipinski definition) is 3. The fraction of sp³-hybridized carbons (Fsp3) is 0.833. The highest BCUT2D eigenvalue weighted by atomic mass is 16.5. The zero-order valence-corrected chi connectivity index (χ0v) is 10.5. The first-order chi connectivity index (χ1) is 7.14. The summed E-state index contributed by atoms with van der Waals surface area (Å²) in [5, 5.41) is 0. The Morgan fingerprint density at radius 3 is 2.00 bits per heavy atom. The van der Waals surface area contributed by atoms with E-state index in [4.69, 9.17) is 10.5 Å². The van der Waals surface area contributed by atoms with Gasteiger partial charge in [-0.2, -0.15) is 4.99 Å². The molecule has 0 unspecified atom stereocenters. The molecule has 1 aliphatic heterocycles. The number of carbonyl (C=O) groups excluding carboxylic acids is 1. The SMILES string of the molecule is CC1(C)CC(C)(C)CC2(C1)OC(N)=NC2=O. The molecule has 0 aromatic carbocycles. The zero-order chi connectivity index (χ0) is 12.2. The van der Waals surface area contributed by atoms with Gasteiger partial charge in [0, 0.05) is 12.8 Å². The predicted molar refractivity (Wildman–Crippen MR) is 61.9 cm³/mol. The molecule has 1 spiro atoms. The molecule has 1 amide bonds. The summed E-state index contributed by atoms with van der Waals surface area (Å²) in [5.41, 5.74) is 4.88. The molecule has 16 heavy (non-hydrogen) atoms. The highest BCUT2D eigenvalue weighted by Crippen LogP contribution is 2.52. The molecule has 2 rings (SSSR count). The van der Waals surface area contributed by atoms with Crippen LogP contribution in [0.1, 0.15) is 47.0 Å². The van der Waals surface area contributed by atoms with Gasteiger partial charge in [-0.15, -0.1) is 0 Å². The van der Waals surface area contributed by atoms with Crippen LogP contribution in [0, 0.1) is 10.8 Å². The first kappa shape index (κ1) is 11.4. The molecule has 4 nitrogen and oxygen atoms in total. The largest absolute Gasteiger partial charge is 0.448 e. The average Bonchev–Trinajstić information content (AvgIpc) is 2.17. The minimum Gasteiger partial charge on any atom is -0.448 e. The van der Waals surface area contributed by atoms with Crippen molar-refractivity contribution in [3.63, 3.8) is 0 Å². The standard InChI is InChI=1S/C12H20N2O2/c1-10(2)5-11(3,4)7-12(6-10)8(15)14-9(13)16-12/h5-7H2,1-4H3,(H2,13,14,15). The van der Waals surface area contributed by atoms with Crippen molar-refractivity contribution in [2.45, 2.75) is 52.6 Å². The van der Waals surface area contributed by atoms with E-state index in [2.05, 4.69) is 32.7 Å². The molecular weight excluding hydrogens is 204 g/mol. The van der Waals surface area contributed by atoms with E-state index in [1.165, 1.54) is 0 Å². The third kappa shape index (κ3) is 1.81. The van der Waals surface area contributed by atoms with Crippen molar-refractivity contribution < 1.29 is 9.53 Å². The highest BCUT2D eigenvalue weighted by Gasteiger charge is 2.56. The van der Waals surface area contributed by atoms with Gasteiger partial charge < -0.3 is 10.5 Å². The second-order valence-electron chi connectivity index (χ2n) is 6.71. The molecule has 0 saturated heterocycles. The summed E-state index contributed by atoms with van der Waals surface area (Å²) in [6.45, 7) is 8.67. The quantitative estimate of drug-likeness (QED) is 0.682. The Balaban J connectivity index is 2.33. The van der Waals surface area contributed by atoms with E-state index in [-0.39, 0.29) is 22.8 Å². The maximum Gasteiger partial charge on any atom is 0.294 e. The third-order valence-electron chi connectivity index (χ3n) is 3.39. The van der Waals surface area contributed by atoms with Crippen LogP contribution in [-0.4, -0.2) is 17.5 Å². The molecule has 1 fully saturated rings. The van der Waals surface area contributed by atoms with Crippen LogP contribution in [0.4, 0.5) is 0 Å². The average molecular weight is 224 g/mol. The van der Waals surface area contributed by atoms with Crippen LogP contribution in [0.2, 0.25) is 0 Å². The number of hydrogen-bond donors (Lipinski definition) is 1. The first-order valence-corrected chi connectivity index (χ1v) is 5.72. The van der Waals surface area contributed by atoms with E-state index in [1.54, 1.807) is 0 Å².